The van der Waals surface area contributed by atoms with Crippen molar-refractivity contribution in [1.82, 2.24) is 9.55 Å². The van der Waals surface area contributed by atoms with Gasteiger partial charge in [0.2, 0.25) is 0 Å². The van der Waals surface area contributed by atoms with E-state index in [1.165, 1.54) is 61.3 Å². The number of aromatic amines is 1. The molecule has 0 aromatic carbocycles. The lowest BCUT2D eigenvalue weighted by molar-refractivity contribution is -0.0607. The number of aromatic nitrogens is 2. The summed E-state index contributed by atoms with van der Waals surface area (Å²) in [5.41, 5.74) is 1.11. The third kappa shape index (κ3) is 7.01. The number of hydrogen-bond donors (Lipinski definition) is 3. The van der Waals surface area contributed by atoms with Crippen molar-refractivity contribution in [2.45, 2.75) is 143 Å². The number of nitrogens with one attached hydrogen (secondary N) is 1. The molecule has 1 unspecified atom stereocenters. The lowest BCUT2D eigenvalue weighted by Crippen LogP contribution is -2.51. The van der Waals surface area contributed by atoms with Crippen molar-refractivity contribution in [1.29, 1.82) is 0 Å². The summed E-state index contributed by atoms with van der Waals surface area (Å²) < 4.78 is 31.2. The van der Waals surface area contributed by atoms with Gasteiger partial charge in [-0.15, -0.1) is 0 Å². The first kappa shape index (κ1) is 36.2. The largest absolute Gasteiger partial charge is 0.472 e. The van der Waals surface area contributed by atoms with Crippen molar-refractivity contribution in [2.75, 3.05) is 6.61 Å². The van der Waals surface area contributed by atoms with E-state index in [9.17, 15) is 24.2 Å². The number of aliphatic hydroxyl groups is 1. The number of ether oxygens (including phenoxy) is 1. The van der Waals surface area contributed by atoms with E-state index in [1.54, 1.807) is 6.92 Å². The fourth-order valence-corrected chi connectivity index (χ4v) is 11.9. The SMILES string of the molecule is Cc1cn([C@H]2C[C@H](O)[C@@H](COP(=O)(O)O[C@H]3CC[C@@]4(C)C(=CC[C@H]5[C@@H]6CC[C@H]([C@H](C)CCCC(C)C)[C@@]6(C)CC[C@@H]54)C3)O2)c(=O)[nH]c1=O. The predicted molar refractivity (Wildman–Crippen MR) is 184 cm³/mol. The first-order chi connectivity index (χ1) is 22.6. The van der Waals surface area contributed by atoms with Gasteiger partial charge in [0.15, 0.2) is 0 Å². The van der Waals surface area contributed by atoms with Crippen LogP contribution in [0.2, 0.25) is 0 Å². The third-order valence-electron chi connectivity index (χ3n) is 13.6. The van der Waals surface area contributed by atoms with Crippen LogP contribution in [0.1, 0.15) is 123 Å². The van der Waals surface area contributed by atoms with E-state index in [1.807, 2.05) is 0 Å². The van der Waals surface area contributed by atoms with E-state index in [-0.39, 0.29) is 18.4 Å². The predicted octanol–water partition coefficient (Wildman–Crippen LogP) is 7.04. The van der Waals surface area contributed by atoms with Crippen LogP contribution in [-0.4, -0.2) is 44.5 Å². The monoisotopic (exact) mass is 690 g/mol. The minimum absolute atomic E-state index is 0.0749. The molecule has 0 amide bonds. The summed E-state index contributed by atoms with van der Waals surface area (Å²) in [5.74, 6) is 4.55. The Balaban J connectivity index is 1.04. The van der Waals surface area contributed by atoms with Crippen LogP contribution in [0.4, 0.5) is 0 Å². The van der Waals surface area contributed by atoms with Crippen LogP contribution in [0.5, 0.6) is 0 Å². The van der Waals surface area contributed by atoms with Crippen molar-refractivity contribution < 1.29 is 28.3 Å². The van der Waals surface area contributed by atoms with Gasteiger partial charge in [0, 0.05) is 18.2 Å². The number of hydrogen-bond acceptors (Lipinski definition) is 7. The van der Waals surface area contributed by atoms with Crippen LogP contribution in [0, 0.1) is 53.3 Å². The summed E-state index contributed by atoms with van der Waals surface area (Å²) in [6, 6.07) is 0. The number of aryl methyl sites for hydroxylation is 1. The molecule has 0 radical (unpaired) electrons. The van der Waals surface area contributed by atoms with Gasteiger partial charge in [-0.2, -0.15) is 0 Å². The first-order valence-corrected chi connectivity index (χ1v) is 20.1. The van der Waals surface area contributed by atoms with Gasteiger partial charge in [-0.25, -0.2) is 9.36 Å². The molecule has 270 valence electrons. The Bertz CT molecular complexity index is 1520. The molecule has 0 bridgehead atoms. The fraction of sp³-hybridized carbons (Fsp3) is 0.838. The number of rotatable bonds is 11. The standard InChI is InChI=1S/C37H59N2O8P/c1-22(2)8-7-9-23(3)28-12-13-29-27-11-10-25-18-26(14-16-36(25,5)30(27)15-17-37(28,29)6)47-48(43,44)45-21-32-31(40)19-33(46-32)39-20-24(4)34(41)38-35(39)42/h10,20,22-23,26-33,40H,7-9,11-19,21H2,1-6H3,(H,43,44)(H,38,41,42)/t23-,26+,27+,28-,29+,30+,31+,32-,33-,36+,37-/m1/s1. The highest BCUT2D eigenvalue weighted by Gasteiger charge is 2.59. The van der Waals surface area contributed by atoms with E-state index in [4.69, 9.17) is 13.8 Å². The molecule has 0 spiro atoms. The zero-order chi connectivity index (χ0) is 34.6. The highest BCUT2D eigenvalue weighted by molar-refractivity contribution is 7.47. The van der Waals surface area contributed by atoms with Crippen LogP contribution >= 0.6 is 7.82 Å². The maximum absolute atomic E-state index is 13.1. The van der Waals surface area contributed by atoms with E-state index in [2.05, 4.69) is 45.7 Å². The van der Waals surface area contributed by atoms with Crippen LogP contribution in [0.3, 0.4) is 0 Å². The topological polar surface area (TPSA) is 140 Å². The molecule has 1 saturated heterocycles. The van der Waals surface area contributed by atoms with Crippen molar-refractivity contribution in [3.05, 3.63) is 44.2 Å². The number of phosphoric acid groups is 1. The van der Waals surface area contributed by atoms with Gasteiger partial charge in [-0.3, -0.25) is 23.4 Å². The molecule has 48 heavy (non-hydrogen) atoms. The van der Waals surface area contributed by atoms with Crippen LogP contribution in [0.25, 0.3) is 0 Å². The summed E-state index contributed by atoms with van der Waals surface area (Å²) >= 11 is 0. The van der Waals surface area contributed by atoms with Crippen molar-refractivity contribution in [3.8, 4) is 0 Å². The molecule has 4 fully saturated rings. The van der Waals surface area contributed by atoms with Gasteiger partial charge in [-0.05, 0) is 105 Å². The second-order valence-corrected chi connectivity index (χ2v) is 18.3. The highest BCUT2D eigenvalue weighted by atomic mass is 31.2. The van der Waals surface area contributed by atoms with Crippen LogP contribution in [0.15, 0.2) is 27.4 Å². The number of nitrogens with zero attached hydrogens (tertiary/aromatic N) is 1. The Hall–Kier alpha value is -1.55. The molecule has 4 aliphatic carbocycles. The lowest BCUT2D eigenvalue weighted by atomic mass is 9.47. The summed E-state index contributed by atoms with van der Waals surface area (Å²) in [5, 5.41) is 10.6. The Morgan fingerprint density at radius 3 is 2.62 bits per heavy atom. The molecule has 2 heterocycles. The third-order valence-corrected chi connectivity index (χ3v) is 14.6. The molecular formula is C37H59N2O8P. The number of allylic oxidation sites excluding steroid dienone is 1. The first-order valence-electron chi connectivity index (χ1n) is 18.6. The average Bonchev–Trinajstić information content (AvgIpc) is 3.57. The summed E-state index contributed by atoms with van der Waals surface area (Å²) in [7, 11) is -4.44. The molecule has 3 saturated carbocycles. The Kier molecular flexibility index (Phi) is 10.5. The highest BCUT2D eigenvalue weighted by Crippen LogP contribution is 2.67. The molecular weight excluding hydrogens is 631 g/mol. The maximum Gasteiger partial charge on any atom is 0.472 e. The van der Waals surface area contributed by atoms with E-state index < -0.39 is 43.6 Å². The van der Waals surface area contributed by atoms with Crippen molar-refractivity contribution in [2.24, 2.45) is 46.3 Å². The molecule has 11 heteroatoms. The van der Waals surface area contributed by atoms with Crippen LogP contribution < -0.4 is 11.2 Å². The normalized spacial score (nSPS) is 39.7. The van der Waals surface area contributed by atoms with Gasteiger partial charge < -0.3 is 14.7 Å². The van der Waals surface area contributed by atoms with Gasteiger partial charge in [0.05, 0.1) is 18.8 Å². The molecule has 1 aromatic rings. The molecule has 5 aliphatic rings. The zero-order valence-corrected chi connectivity index (χ0v) is 30.8. The molecule has 1 aliphatic heterocycles. The summed E-state index contributed by atoms with van der Waals surface area (Å²) in [6.07, 6.45) is 13.4. The number of phosphoric ester groups is 1. The minimum Gasteiger partial charge on any atom is -0.390 e. The number of fused-ring (bicyclic) bond motifs is 5. The molecule has 12 atom stereocenters. The van der Waals surface area contributed by atoms with Gasteiger partial charge in [0.25, 0.3) is 5.56 Å². The maximum atomic E-state index is 13.1. The quantitative estimate of drug-likeness (QED) is 0.166. The van der Waals surface area contributed by atoms with Gasteiger partial charge in [0.1, 0.15) is 12.3 Å². The molecule has 6 rings (SSSR count). The van der Waals surface area contributed by atoms with Crippen molar-refractivity contribution in [3.63, 3.8) is 0 Å². The lowest BCUT2D eigenvalue weighted by Gasteiger charge is -2.58. The Morgan fingerprint density at radius 1 is 1.10 bits per heavy atom. The van der Waals surface area contributed by atoms with Crippen LogP contribution in [-0.2, 0) is 18.3 Å². The Labute approximate surface area is 285 Å². The van der Waals surface area contributed by atoms with Gasteiger partial charge in [-0.1, -0.05) is 65.5 Å². The number of aliphatic hydroxyl groups excluding tert-OH is 1. The second-order valence-electron chi connectivity index (χ2n) is 16.9. The fourth-order valence-electron chi connectivity index (χ4n) is 11.0. The Morgan fingerprint density at radius 2 is 1.88 bits per heavy atom. The van der Waals surface area contributed by atoms with Gasteiger partial charge >= 0.3 is 13.5 Å². The van der Waals surface area contributed by atoms with Crippen molar-refractivity contribution >= 4 is 7.82 Å². The smallest absolute Gasteiger partial charge is 0.390 e. The second kappa shape index (κ2) is 13.9. The average molecular weight is 691 g/mol. The van der Waals surface area contributed by atoms with E-state index >= 15 is 0 Å². The number of H-pyrrole nitrogens is 1. The summed E-state index contributed by atoms with van der Waals surface area (Å²) in [6.45, 7) is 13.5. The van der Waals surface area contributed by atoms with E-state index in [0.717, 1.165) is 36.5 Å². The summed E-state index contributed by atoms with van der Waals surface area (Å²) in [4.78, 5) is 36.9. The molecule has 1 aromatic heterocycles. The zero-order valence-electron chi connectivity index (χ0n) is 29.9. The minimum atomic E-state index is -4.44. The molecule has 3 N–H and O–H groups in total. The molecule has 10 nitrogen and oxygen atoms in total. The van der Waals surface area contributed by atoms with E-state index in [0.29, 0.717) is 35.7 Å².